The van der Waals surface area contributed by atoms with Crippen LogP contribution in [-0.4, -0.2) is 15.0 Å². The van der Waals surface area contributed by atoms with E-state index in [1.54, 1.807) is 0 Å². The number of furan rings is 1. The van der Waals surface area contributed by atoms with Gasteiger partial charge in [0.15, 0.2) is 17.5 Å². The lowest BCUT2D eigenvalue weighted by Gasteiger charge is -2.25. The Kier molecular flexibility index (Phi) is 7.07. The summed E-state index contributed by atoms with van der Waals surface area (Å²) in [5.74, 6) is 1.83. The van der Waals surface area contributed by atoms with Gasteiger partial charge in [0.2, 0.25) is 0 Å². The van der Waals surface area contributed by atoms with Gasteiger partial charge < -0.3 is 9.32 Å². The predicted molar refractivity (Wildman–Crippen MR) is 213 cm³/mol. The highest BCUT2D eigenvalue weighted by molar-refractivity contribution is 6.12. The van der Waals surface area contributed by atoms with Crippen LogP contribution in [0.25, 0.3) is 77.6 Å². The van der Waals surface area contributed by atoms with Crippen LogP contribution in [-0.2, 0) is 0 Å². The van der Waals surface area contributed by atoms with Crippen molar-refractivity contribution in [3.8, 4) is 34.2 Å². The first-order valence-electron chi connectivity index (χ1n) is 17.4. The lowest BCUT2D eigenvalue weighted by molar-refractivity contribution is 0.669. The molecular formula is C47H30N4O. The van der Waals surface area contributed by atoms with Crippen molar-refractivity contribution < 1.29 is 4.42 Å². The van der Waals surface area contributed by atoms with Crippen LogP contribution >= 0.6 is 0 Å². The molecule has 0 saturated carbocycles. The van der Waals surface area contributed by atoms with Gasteiger partial charge in [0, 0.05) is 50.6 Å². The van der Waals surface area contributed by atoms with Crippen LogP contribution < -0.4 is 4.90 Å². The number of rotatable bonds is 6. The van der Waals surface area contributed by atoms with E-state index in [4.69, 9.17) is 19.4 Å². The molecule has 0 saturated heterocycles. The standard InChI is InChI=1S/C47H30N4O/c1-3-16-37(17-4-1)51(38-18-5-2-6-19-38)39-26-27-40-43(30-39)52-42-21-11-20-41(44(40)42)47-49-45(35-24-22-31-12-7-9-14-33(31)28-35)48-46(50-47)36-25-23-32-13-8-10-15-34(32)29-36/h1-30H. The molecule has 10 aromatic rings. The Labute approximate surface area is 300 Å². The van der Waals surface area contributed by atoms with E-state index in [-0.39, 0.29) is 0 Å². The van der Waals surface area contributed by atoms with E-state index < -0.39 is 0 Å². The summed E-state index contributed by atoms with van der Waals surface area (Å²) >= 11 is 0. The molecule has 0 radical (unpaired) electrons. The zero-order valence-corrected chi connectivity index (χ0v) is 28.0. The molecule has 52 heavy (non-hydrogen) atoms. The lowest BCUT2D eigenvalue weighted by Crippen LogP contribution is -2.09. The first-order chi connectivity index (χ1) is 25.7. The summed E-state index contributed by atoms with van der Waals surface area (Å²) in [6, 6.07) is 62.7. The Hall–Kier alpha value is -7.11. The number of benzene rings is 8. The number of para-hydroxylation sites is 2. The predicted octanol–water partition coefficient (Wildman–Crippen LogP) is 12.5. The molecule has 0 aliphatic carbocycles. The highest BCUT2D eigenvalue weighted by atomic mass is 16.3. The number of hydrogen-bond donors (Lipinski definition) is 0. The molecule has 0 atom stereocenters. The summed E-state index contributed by atoms with van der Waals surface area (Å²) < 4.78 is 6.61. The molecule has 0 bridgehead atoms. The molecule has 5 nitrogen and oxygen atoms in total. The van der Waals surface area contributed by atoms with Gasteiger partial charge in [0.1, 0.15) is 11.2 Å². The van der Waals surface area contributed by atoms with E-state index in [9.17, 15) is 0 Å². The van der Waals surface area contributed by atoms with Crippen LogP contribution in [0.2, 0.25) is 0 Å². The molecule has 8 aromatic carbocycles. The van der Waals surface area contributed by atoms with Crippen LogP contribution in [0.5, 0.6) is 0 Å². The van der Waals surface area contributed by atoms with E-state index in [0.29, 0.717) is 17.5 Å². The molecule has 5 heteroatoms. The SMILES string of the molecule is c1ccc(N(c2ccccc2)c2ccc3c(c2)oc2cccc(-c4nc(-c5ccc6ccccc6c5)nc(-c5ccc6ccccc6c5)n4)c23)cc1. The fourth-order valence-corrected chi connectivity index (χ4v) is 7.15. The van der Waals surface area contributed by atoms with Crippen molar-refractivity contribution in [2.75, 3.05) is 4.90 Å². The summed E-state index contributed by atoms with van der Waals surface area (Å²) in [5.41, 5.74) is 7.45. The van der Waals surface area contributed by atoms with Gasteiger partial charge in [-0.1, -0.05) is 121 Å². The van der Waals surface area contributed by atoms with E-state index in [1.165, 1.54) is 10.8 Å². The summed E-state index contributed by atoms with van der Waals surface area (Å²) in [6.07, 6.45) is 0. The topological polar surface area (TPSA) is 55.1 Å². The lowest BCUT2D eigenvalue weighted by atomic mass is 10.0. The first kappa shape index (κ1) is 29.8. The maximum atomic E-state index is 6.61. The number of hydrogen-bond acceptors (Lipinski definition) is 5. The second-order valence-electron chi connectivity index (χ2n) is 12.9. The quantitative estimate of drug-likeness (QED) is 0.177. The van der Waals surface area contributed by atoms with Crippen LogP contribution in [0, 0.1) is 0 Å². The van der Waals surface area contributed by atoms with Crippen LogP contribution in [0.1, 0.15) is 0 Å². The molecular weight excluding hydrogens is 637 g/mol. The third-order valence-electron chi connectivity index (χ3n) is 9.66. The smallest absolute Gasteiger partial charge is 0.164 e. The minimum Gasteiger partial charge on any atom is -0.456 e. The minimum absolute atomic E-state index is 0.592. The Balaban J connectivity index is 1.16. The van der Waals surface area contributed by atoms with E-state index in [1.807, 2.05) is 24.3 Å². The van der Waals surface area contributed by atoms with Crippen molar-refractivity contribution in [3.63, 3.8) is 0 Å². The fourth-order valence-electron chi connectivity index (χ4n) is 7.15. The maximum Gasteiger partial charge on any atom is 0.164 e. The Morgan fingerprint density at radius 1 is 0.365 bits per heavy atom. The molecule has 0 amide bonds. The summed E-state index contributed by atoms with van der Waals surface area (Å²) in [5, 5.41) is 6.57. The van der Waals surface area contributed by atoms with Crippen LogP contribution in [0.15, 0.2) is 186 Å². The van der Waals surface area contributed by atoms with Gasteiger partial charge in [-0.3, -0.25) is 0 Å². The minimum atomic E-state index is 0.592. The molecule has 2 aromatic heterocycles. The van der Waals surface area contributed by atoms with Gasteiger partial charge in [-0.05, 0) is 76.1 Å². The van der Waals surface area contributed by atoms with Gasteiger partial charge >= 0.3 is 0 Å². The molecule has 10 rings (SSSR count). The Morgan fingerprint density at radius 3 is 1.50 bits per heavy atom. The zero-order valence-electron chi connectivity index (χ0n) is 28.0. The number of fused-ring (bicyclic) bond motifs is 5. The van der Waals surface area contributed by atoms with Gasteiger partial charge in [0.25, 0.3) is 0 Å². The van der Waals surface area contributed by atoms with E-state index in [0.717, 1.165) is 66.5 Å². The van der Waals surface area contributed by atoms with Crippen molar-refractivity contribution in [3.05, 3.63) is 182 Å². The summed E-state index contributed by atoms with van der Waals surface area (Å²) in [4.78, 5) is 17.6. The van der Waals surface area contributed by atoms with Crippen LogP contribution in [0.3, 0.4) is 0 Å². The molecule has 0 aliphatic rings. The maximum absolute atomic E-state index is 6.61. The molecule has 2 heterocycles. The average molecular weight is 667 g/mol. The molecule has 0 unspecified atom stereocenters. The van der Waals surface area contributed by atoms with Crippen molar-refractivity contribution >= 4 is 60.5 Å². The normalized spacial score (nSPS) is 11.5. The third kappa shape index (κ3) is 5.24. The number of aromatic nitrogens is 3. The summed E-state index contributed by atoms with van der Waals surface area (Å²) in [6.45, 7) is 0. The number of nitrogens with zero attached hydrogens (tertiary/aromatic N) is 4. The van der Waals surface area contributed by atoms with Gasteiger partial charge in [-0.2, -0.15) is 0 Å². The van der Waals surface area contributed by atoms with Crippen molar-refractivity contribution in [2.24, 2.45) is 0 Å². The molecule has 0 fully saturated rings. The first-order valence-corrected chi connectivity index (χ1v) is 17.4. The van der Waals surface area contributed by atoms with Gasteiger partial charge in [-0.25, -0.2) is 15.0 Å². The van der Waals surface area contributed by atoms with E-state index in [2.05, 4.69) is 163 Å². The second-order valence-corrected chi connectivity index (χ2v) is 12.9. The highest BCUT2D eigenvalue weighted by Gasteiger charge is 2.20. The average Bonchev–Trinajstić information content (AvgIpc) is 3.59. The fraction of sp³-hybridized carbons (Fsp3) is 0. The third-order valence-corrected chi connectivity index (χ3v) is 9.66. The van der Waals surface area contributed by atoms with Gasteiger partial charge in [-0.15, -0.1) is 0 Å². The molecule has 0 N–H and O–H groups in total. The van der Waals surface area contributed by atoms with Gasteiger partial charge in [0.05, 0.1) is 0 Å². The summed E-state index contributed by atoms with van der Waals surface area (Å²) in [7, 11) is 0. The van der Waals surface area contributed by atoms with Crippen molar-refractivity contribution in [1.82, 2.24) is 15.0 Å². The largest absolute Gasteiger partial charge is 0.456 e. The molecule has 0 aliphatic heterocycles. The van der Waals surface area contributed by atoms with Crippen LogP contribution in [0.4, 0.5) is 17.1 Å². The van der Waals surface area contributed by atoms with Crippen molar-refractivity contribution in [2.45, 2.75) is 0 Å². The highest BCUT2D eigenvalue weighted by Crippen LogP contribution is 2.41. The number of anilines is 3. The Bertz CT molecular complexity index is 2780. The molecule has 0 spiro atoms. The monoisotopic (exact) mass is 666 g/mol. The Morgan fingerprint density at radius 2 is 0.904 bits per heavy atom. The second kappa shape index (κ2) is 12.3. The van der Waals surface area contributed by atoms with Crippen molar-refractivity contribution in [1.29, 1.82) is 0 Å². The molecule has 244 valence electrons. The van der Waals surface area contributed by atoms with E-state index >= 15 is 0 Å². The zero-order chi connectivity index (χ0) is 34.4.